The summed E-state index contributed by atoms with van der Waals surface area (Å²) in [5.74, 6) is 0.181. The third kappa shape index (κ3) is 7.21. The average Bonchev–Trinajstić information content (AvgIpc) is 2.46. The zero-order chi connectivity index (χ0) is 18.4. The number of hydrogen-bond donors (Lipinski definition) is 2. The topological polar surface area (TPSA) is 64.3 Å². The van der Waals surface area contributed by atoms with E-state index < -0.39 is 11.7 Å². The van der Waals surface area contributed by atoms with Crippen LogP contribution in [0.2, 0.25) is 0 Å². The number of nitrogen functional groups attached to an aromatic ring is 1. The Kier molecular flexibility index (Phi) is 7.08. The third-order valence-corrected chi connectivity index (χ3v) is 3.52. The fraction of sp³-hybridized carbons (Fsp3) is 0.588. The van der Waals surface area contributed by atoms with E-state index in [0.29, 0.717) is 12.0 Å². The molecule has 136 valence electrons. The SMILES string of the molecule is CC(C)(C)OC=O.Nc1cc(C2CCNCC2)cc(C(F)(F)F)c1. The van der Waals surface area contributed by atoms with Crippen LogP contribution in [0.15, 0.2) is 18.2 Å². The first-order chi connectivity index (χ1) is 11.0. The normalized spacial score (nSPS) is 16.1. The minimum atomic E-state index is -4.32. The molecule has 2 rings (SSSR count). The smallest absolute Gasteiger partial charge is 0.416 e. The Morgan fingerprint density at radius 3 is 2.17 bits per heavy atom. The number of carbonyl (C=O) groups is 1. The van der Waals surface area contributed by atoms with E-state index in [1.165, 1.54) is 6.07 Å². The zero-order valence-corrected chi connectivity index (χ0v) is 14.2. The number of carbonyl (C=O) groups excluding carboxylic acids is 1. The second-order valence-electron chi connectivity index (χ2n) is 6.74. The van der Waals surface area contributed by atoms with Gasteiger partial charge in [-0.25, -0.2) is 0 Å². The van der Waals surface area contributed by atoms with E-state index in [1.54, 1.807) is 6.07 Å². The van der Waals surface area contributed by atoms with Crippen molar-refractivity contribution >= 4 is 12.2 Å². The van der Waals surface area contributed by atoms with Crippen molar-refractivity contribution < 1.29 is 22.7 Å². The van der Waals surface area contributed by atoms with E-state index in [1.807, 2.05) is 20.8 Å². The van der Waals surface area contributed by atoms with Crippen LogP contribution in [0.4, 0.5) is 18.9 Å². The van der Waals surface area contributed by atoms with Gasteiger partial charge in [-0.05, 0) is 76.4 Å². The highest BCUT2D eigenvalue weighted by molar-refractivity contribution is 5.46. The highest BCUT2D eigenvalue weighted by Crippen LogP contribution is 2.35. The van der Waals surface area contributed by atoms with Crippen LogP contribution in [0, 0.1) is 0 Å². The minimum absolute atomic E-state index is 0.181. The molecule has 1 fully saturated rings. The quantitative estimate of drug-likeness (QED) is 0.633. The Labute approximate surface area is 140 Å². The summed E-state index contributed by atoms with van der Waals surface area (Å²) in [6.07, 6.45) is -2.60. The molecule has 1 heterocycles. The molecule has 0 radical (unpaired) electrons. The average molecular weight is 346 g/mol. The van der Waals surface area contributed by atoms with Crippen molar-refractivity contribution in [3.8, 4) is 0 Å². The molecule has 24 heavy (non-hydrogen) atoms. The van der Waals surface area contributed by atoms with Gasteiger partial charge in [0.2, 0.25) is 0 Å². The molecule has 1 aliphatic rings. The lowest BCUT2D eigenvalue weighted by Gasteiger charge is -2.24. The summed E-state index contributed by atoms with van der Waals surface area (Å²) in [5.41, 5.74) is 5.48. The Balaban J connectivity index is 0.000000351. The number of halogens is 3. The molecular weight excluding hydrogens is 321 g/mol. The molecule has 0 amide bonds. The van der Waals surface area contributed by atoms with E-state index in [2.05, 4.69) is 10.1 Å². The van der Waals surface area contributed by atoms with Gasteiger partial charge in [0.1, 0.15) is 5.60 Å². The van der Waals surface area contributed by atoms with Gasteiger partial charge >= 0.3 is 6.18 Å². The van der Waals surface area contributed by atoms with Crippen LogP contribution < -0.4 is 11.1 Å². The molecule has 0 aliphatic carbocycles. The Morgan fingerprint density at radius 1 is 1.17 bits per heavy atom. The van der Waals surface area contributed by atoms with Gasteiger partial charge in [0.15, 0.2) is 0 Å². The molecule has 0 spiro atoms. The Morgan fingerprint density at radius 2 is 1.75 bits per heavy atom. The van der Waals surface area contributed by atoms with Crippen LogP contribution in [-0.4, -0.2) is 25.2 Å². The molecule has 0 unspecified atom stereocenters. The van der Waals surface area contributed by atoms with Gasteiger partial charge in [-0.15, -0.1) is 0 Å². The van der Waals surface area contributed by atoms with Gasteiger partial charge in [-0.1, -0.05) is 0 Å². The van der Waals surface area contributed by atoms with Crippen molar-refractivity contribution in [2.24, 2.45) is 0 Å². The van der Waals surface area contributed by atoms with Crippen molar-refractivity contribution in [3.05, 3.63) is 29.3 Å². The van der Waals surface area contributed by atoms with E-state index in [-0.39, 0.29) is 17.2 Å². The van der Waals surface area contributed by atoms with Gasteiger partial charge in [-0.3, -0.25) is 4.79 Å². The van der Waals surface area contributed by atoms with Gasteiger partial charge < -0.3 is 15.8 Å². The molecule has 4 nitrogen and oxygen atoms in total. The maximum atomic E-state index is 12.6. The molecular formula is C17H25F3N2O2. The van der Waals surface area contributed by atoms with Crippen LogP contribution in [0.1, 0.15) is 50.7 Å². The number of nitrogens with one attached hydrogen (secondary N) is 1. The lowest BCUT2D eigenvalue weighted by atomic mass is 9.89. The highest BCUT2D eigenvalue weighted by Gasteiger charge is 2.31. The van der Waals surface area contributed by atoms with Gasteiger partial charge in [-0.2, -0.15) is 13.2 Å². The standard InChI is InChI=1S/C12H15F3N2.C5H10O2/c13-12(14,15)10-5-9(6-11(16)7-10)8-1-3-17-4-2-8;1-5(2,3)7-4-6/h5-8,17H,1-4,16H2;4H,1-3H3. The van der Waals surface area contributed by atoms with Gasteiger partial charge in [0.05, 0.1) is 5.56 Å². The maximum absolute atomic E-state index is 12.6. The number of anilines is 1. The number of piperidine rings is 1. The molecule has 0 saturated carbocycles. The molecule has 0 atom stereocenters. The number of rotatable bonds is 2. The molecule has 0 bridgehead atoms. The molecule has 3 N–H and O–H groups in total. The number of alkyl halides is 3. The predicted molar refractivity (Wildman–Crippen MR) is 87.6 cm³/mol. The second-order valence-corrected chi connectivity index (χ2v) is 6.74. The van der Waals surface area contributed by atoms with E-state index in [0.717, 1.165) is 32.0 Å². The molecule has 1 aromatic carbocycles. The lowest BCUT2D eigenvalue weighted by Crippen LogP contribution is -2.26. The minimum Gasteiger partial charge on any atom is -0.462 e. The van der Waals surface area contributed by atoms with Crippen LogP contribution in [0.5, 0.6) is 0 Å². The third-order valence-electron chi connectivity index (χ3n) is 3.52. The van der Waals surface area contributed by atoms with Crippen molar-refractivity contribution in [3.63, 3.8) is 0 Å². The van der Waals surface area contributed by atoms with Crippen LogP contribution in [0.3, 0.4) is 0 Å². The monoisotopic (exact) mass is 346 g/mol. The summed E-state index contributed by atoms with van der Waals surface area (Å²) in [6.45, 7) is 7.62. The zero-order valence-electron chi connectivity index (χ0n) is 14.2. The molecule has 7 heteroatoms. The fourth-order valence-corrected chi connectivity index (χ4v) is 2.38. The highest BCUT2D eigenvalue weighted by atomic mass is 19.4. The summed E-state index contributed by atoms with van der Waals surface area (Å²) in [6, 6.07) is 3.88. The maximum Gasteiger partial charge on any atom is 0.416 e. The van der Waals surface area contributed by atoms with Crippen LogP contribution >= 0.6 is 0 Å². The Bertz CT molecular complexity index is 534. The van der Waals surface area contributed by atoms with Crippen LogP contribution in [-0.2, 0) is 15.7 Å². The lowest BCUT2D eigenvalue weighted by molar-refractivity contribution is -0.139. The fourth-order valence-electron chi connectivity index (χ4n) is 2.38. The largest absolute Gasteiger partial charge is 0.462 e. The van der Waals surface area contributed by atoms with E-state index >= 15 is 0 Å². The van der Waals surface area contributed by atoms with E-state index in [9.17, 15) is 18.0 Å². The molecule has 1 aromatic rings. The first-order valence-corrected chi connectivity index (χ1v) is 7.83. The second kappa shape index (κ2) is 8.37. The summed E-state index contributed by atoms with van der Waals surface area (Å²) < 4.78 is 42.5. The van der Waals surface area contributed by atoms with Crippen molar-refractivity contribution in [2.75, 3.05) is 18.8 Å². The van der Waals surface area contributed by atoms with Crippen molar-refractivity contribution in [1.29, 1.82) is 0 Å². The van der Waals surface area contributed by atoms with Crippen molar-refractivity contribution in [1.82, 2.24) is 5.32 Å². The molecule has 0 aromatic heterocycles. The van der Waals surface area contributed by atoms with Crippen molar-refractivity contribution in [2.45, 2.75) is 51.3 Å². The van der Waals surface area contributed by atoms with Gasteiger partial charge in [0, 0.05) is 5.69 Å². The Hall–Kier alpha value is -1.76. The van der Waals surface area contributed by atoms with Crippen LogP contribution in [0.25, 0.3) is 0 Å². The molecule has 1 aliphatic heterocycles. The number of hydrogen-bond acceptors (Lipinski definition) is 4. The number of nitrogens with two attached hydrogens (primary N) is 1. The number of benzene rings is 1. The first kappa shape index (κ1) is 20.3. The predicted octanol–water partition coefficient (Wildman–Crippen LogP) is 3.71. The summed E-state index contributed by atoms with van der Waals surface area (Å²) >= 11 is 0. The number of ether oxygens (including phenoxy) is 1. The van der Waals surface area contributed by atoms with Gasteiger partial charge in [0.25, 0.3) is 6.47 Å². The summed E-state index contributed by atoms with van der Waals surface area (Å²) in [5, 5.41) is 3.19. The molecule has 1 saturated heterocycles. The summed E-state index contributed by atoms with van der Waals surface area (Å²) in [4.78, 5) is 9.60. The summed E-state index contributed by atoms with van der Waals surface area (Å²) in [7, 11) is 0. The van der Waals surface area contributed by atoms with E-state index in [4.69, 9.17) is 5.73 Å². The first-order valence-electron chi connectivity index (χ1n) is 7.83.